The maximum Gasteiger partial charge on any atom is 0.335 e. The van der Waals surface area contributed by atoms with Crippen LogP contribution in [0.5, 0.6) is 0 Å². The summed E-state index contributed by atoms with van der Waals surface area (Å²) in [4.78, 5) is 24.9. The van der Waals surface area contributed by atoms with Gasteiger partial charge in [-0.05, 0) is 25.0 Å². The normalized spacial score (nSPS) is 11.9. The third kappa shape index (κ3) is 4.09. The minimum atomic E-state index is -0.993. The van der Waals surface area contributed by atoms with Crippen LogP contribution in [0.4, 0.5) is 0 Å². The van der Waals surface area contributed by atoms with Gasteiger partial charge >= 0.3 is 5.97 Å². The number of carboxylic acid groups (broad SMARTS) is 1. The lowest BCUT2D eigenvalue weighted by atomic mass is 10.0. The number of hydrogen-bond acceptors (Lipinski definition) is 2. The molecule has 1 aromatic carbocycles. The molecular formula is C15H21NO3. The van der Waals surface area contributed by atoms with Crippen molar-refractivity contribution in [2.75, 3.05) is 7.05 Å². The second-order valence-electron chi connectivity index (χ2n) is 4.78. The molecule has 4 nitrogen and oxygen atoms in total. The Bertz CT molecular complexity index is 456. The number of rotatable bonds is 6. The molecular weight excluding hydrogens is 242 g/mol. The van der Waals surface area contributed by atoms with E-state index in [0.717, 1.165) is 12.8 Å². The van der Waals surface area contributed by atoms with Gasteiger partial charge in [0, 0.05) is 13.1 Å². The Kier molecular flexibility index (Phi) is 5.55. The van der Waals surface area contributed by atoms with Gasteiger partial charge in [0.2, 0.25) is 5.91 Å². The molecule has 104 valence electrons. The number of likely N-dealkylation sites (N-methyl/N-ethyl adjacent to an activating group) is 1. The number of carbonyl (C=O) groups is 2. The molecule has 1 amide bonds. The molecule has 1 unspecified atom stereocenters. The van der Waals surface area contributed by atoms with Gasteiger partial charge in [0.1, 0.15) is 0 Å². The first-order chi connectivity index (χ1) is 8.97. The minimum absolute atomic E-state index is 0.0466. The second-order valence-corrected chi connectivity index (χ2v) is 4.78. The number of hydrogen-bond donors (Lipinski definition) is 1. The molecule has 0 radical (unpaired) electrons. The van der Waals surface area contributed by atoms with Gasteiger partial charge in [-0.2, -0.15) is 0 Å². The summed E-state index contributed by atoms with van der Waals surface area (Å²) in [7, 11) is 1.77. The molecule has 0 aliphatic carbocycles. The molecule has 0 aliphatic rings. The van der Waals surface area contributed by atoms with Crippen LogP contribution in [0.2, 0.25) is 0 Å². The number of carbonyl (C=O) groups excluding carboxylic acids is 1. The number of aromatic carboxylic acids is 1. The monoisotopic (exact) mass is 263 g/mol. The summed E-state index contributed by atoms with van der Waals surface area (Å²) in [5, 5.41) is 9.09. The van der Waals surface area contributed by atoms with Gasteiger partial charge < -0.3 is 10.0 Å². The highest BCUT2D eigenvalue weighted by Gasteiger charge is 2.18. The molecule has 0 aliphatic heterocycles. The fraction of sp³-hybridized carbons (Fsp3) is 0.467. The third-order valence-corrected chi connectivity index (χ3v) is 3.35. The Labute approximate surface area is 114 Å². The average molecular weight is 263 g/mol. The summed E-state index contributed by atoms with van der Waals surface area (Å²) in [6.07, 6.45) is 2.10. The second kappa shape index (κ2) is 6.92. The van der Waals surface area contributed by atoms with Gasteiger partial charge in [-0.1, -0.05) is 31.5 Å². The van der Waals surface area contributed by atoms with E-state index < -0.39 is 5.97 Å². The predicted octanol–water partition coefficient (Wildman–Crippen LogP) is 2.57. The van der Waals surface area contributed by atoms with E-state index in [-0.39, 0.29) is 23.9 Å². The lowest BCUT2D eigenvalue weighted by Gasteiger charge is -2.25. The fourth-order valence-electron chi connectivity index (χ4n) is 2.03. The molecule has 1 aromatic rings. The molecule has 0 aromatic heterocycles. The van der Waals surface area contributed by atoms with Crippen LogP contribution >= 0.6 is 0 Å². The Balaban J connectivity index is 2.80. The van der Waals surface area contributed by atoms with Gasteiger partial charge in [0.25, 0.3) is 0 Å². The van der Waals surface area contributed by atoms with E-state index in [4.69, 9.17) is 5.11 Å². The van der Waals surface area contributed by atoms with E-state index in [9.17, 15) is 9.59 Å². The van der Waals surface area contributed by atoms with Crippen LogP contribution in [-0.4, -0.2) is 35.0 Å². The molecule has 0 heterocycles. The molecule has 0 fully saturated rings. The zero-order valence-electron chi connectivity index (χ0n) is 11.7. The van der Waals surface area contributed by atoms with Crippen LogP contribution < -0.4 is 0 Å². The van der Waals surface area contributed by atoms with Crippen molar-refractivity contribution in [3.63, 3.8) is 0 Å². The Morgan fingerprint density at radius 2 is 1.95 bits per heavy atom. The first kappa shape index (κ1) is 15.2. The highest BCUT2D eigenvalue weighted by Crippen LogP contribution is 2.12. The van der Waals surface area contributed by atoms with Gasteiger partial charge in [-0.15, -0.1) is 0 Å². The van der Waals surface area contributed by atoms with Crippen molar-refractivity contribution in [3.05, 3.63) is 35.4 Å². The van der Waals surface area contributed by atoms with E-state index in [2.05, 4.69) is 6.92 Å². The number of nitrogens with zero attached hydrogens (tertiary/aromatic N) is 1. The van der Waals surface area contributed by atoms with Crippen LogP contribution in [0.15, 0.2) is 24.3 Å². The number of carboxylic acids is 1. The maximum atomic E-state index is 12.1. The summed E-state index contributed by atoms with van der Waals surface area (Å²) in [5.41, 5.74) is 0.767. The van der Waals surface area contributed by atoms with Crippen LogP contribution in [0, 0.1) is 0 Å². The quantitative estimate of drug-likeness (QED) is 0.858. The Hall–Kier alpha value is -1.84. The minimum Gasteiger partial charge on any atom is -0.478 e. The SMILES string of the molecule is CCCC(C)N(C)C(=O)Cc1ccccc1C(=O)O. The van der Waals surface area contributed by atoms with Crippen LogP contribution in [0.1, 0.15) is 42.6 Å². The zero-order chi connectivity index (χ0) is 14.4. The van der Waals surface area contributed by atoms with Gasteiger partial charge in [0.05, 0.1) is 12.0 Å². The third-order valence-electron chi connectivity index (χ3n) is 3.35. The van der Waals surface area contributed by atoms with Crippen molar-refractivity contribution < 1.29 is 14.7 Å². The molecule has 1 rings (SSSR count). The molecule has 0 spiro atoms. The van der Waals surface area contributed by atoms with Gasteiger partial charge in [-0.3, -0.25) is 4.79 Å². The summed E-state index contributed by atoms with van der Waals surface area (Å²) in [6.45, 7) is 4.08. The molecule has 1 N–H and O–H groups in total. The topological polar surface area (TPSA) is 57.6 Å². The highest BCUT2D eigenvalue weighted by molar-refractivity contribution is 5.91. The maximum absolute atomic E-state index is 12.1. The summed E-state index contributed by atoms with van der Waals surface area (Å²) in [6, 6.07) is 6.82. The molecule has 4 heteroatoms. The molecule has 0 bridgehead atoms. The van der Waals surface area contributed by atoms with Gasteiger partial charge in [-0.25, -0.2) is 4.79 Å². The van der Waals surface area contributed by atoms with Crippen LogP contribution in [-0.2, 0) is 11.2 Å². The van der Waals surface area contributed by atoms with Crippen molar-refractivity contribution in [3.8, 4) is 0 Å². The van der Waals surface area contributed by atoms with Crippen molar-refractivity contribution >= 4 is 11.9 Å². The smallest absolute Gasteiger partial charge is 0.335 e. The molecule has 1 atom stereocenters. The standard InChI is InChI=1S/C15H21NO3/c1-4-7-11(2)16(3)14(17)10-12-8-5-6-9-13(12)15(18)19/h5-6,8-9,11H,4,7,10H2,1-3H3,(H,18,19). The summed E-state index contributed by atoms with van der Waals surface area (Å²) in [5.74, 6) is -1.04. The average Bonchev–Trinajstić information content (AvgIpc) is 2.38. The first-order valence-corrected chi connectivity index (χ1v) is 6.54. The van der Waals surface area contributed by atoms with Crippen molar-refractivity contribution in [1.82, 2.24) is 4.90 Å². The van der Waals surface area contributed by atoms with E-state index >= 15 is 0 Å². The van der Waals surface area contributed by atoms with Crippen molar-refractivity contribution in [2.24, 2.45) is 0 Å². The van der Waals surface area contributed by atoms with E-state index in [1.54, 1.807) is 30.1 Å². The van der Waals surface area contributed by atoms with E-state index in [1.807, 2.05) is 6.92 Å². The summed E-state index contributed by atoms with van der Waals surface area (Å²) >= 11 is 0. The fourth-order valence-corrected chi connectivity index (χ4v) is 2.03. The van der Waals surface area contributed by atoms with Crippen LogP contribution in [0.3, 0.4) is 0 Å². The van der Waals surface area contributed by atoms with Crippen molar-refractivity contribution in [1.29, 1.82) is 0 Å². The lowest BCUT2D eigenvalue weighted by molar-refractivity contribution is -0.131. The van der Waals surface area contributed by atoms with Gasteiger partial charge in [0.15, 0.2) is 0 Å². The Morgan fingerprint density at radius 3 is 2.53 bits per heavy atom. The highest BCUT2D eigenvalue weighted by atomic mass is 16.4. The predicted molar refractivity (Wildman–Crippen MR) is 74.2 cm³/mol. The number of benzene rings is 1. The number of amides is 1. The molecule has 0 saturated carbocycles. The molecule has 19 heavy (non-hydrogen) atoms. The van der Waals surface area contributed by atoms with Crippen molar-refractivity contribution in [2.45, 2.75) is 39.2 Å². The first-order valence-electron chi connectivity index (χ1n) is 6.54. The summed E-state index contributed by atoms with van der Waals surface area (Å²) < 4.78 is 0. The zero-order valence-corrected chi connectivity index (χ0v) is 11.7. The lowest BCUT2D eigenvalue weighted by Crippen LogP contribution is -2.36. The van der Waals surface area contributed by atoms with Crippen LogP contribution in [0.25, 0.3) is 0 Å². The Morgan fingerprint density at radius 1 is 1.32 bits per heavy atom. The van der Waals surface area contributed by atoms with E-state index in [1.165, 1.54) is 6.07 Å². The molecule has 0 saturated heterocycles. The van der Waals surface area contributed by atoms with E-state index in [0.29, 0.717) is 5.56 Å². The largest absolute Gasteiger partial charge is 0.478 e.